The van der Waals surface area contributed by atoms with Crippen molar-refractivity contribution in [3.05, 3.63) is 47.5 Å². The lowest BCUT2D eigenvalue weighted by atomic mass is 10.2. The molecule has 0 bridgehead atoms. The zero-order valence-corrected chi connectivity index (χ0v) is 13.3. The summed E-state index contributed by atoms with van der Waals surface area (Å²) in [7, 11) is -3.73. The van der Waals surface area contributed by atoms with Crippen molar-refractivity contribution in [2.45, 2.75) is 29.9 Å². The van der Waals surface area contributed by atoms with Crippen LogP contribution in [0.15, 0.2) is 46.2 Å². The Hall–Kier alpha value is -2.54. The second-order valence-electron chi connectivity index (χ2n) is 5.29. The van der Waals surface area contributed by atoms with Crippen LogP contribution in [0.2, 0.25) is 0 Å². The highest BCUT2D eigenvalue weighted by Gasteiger charge is 2.33. The average Bonchev–Trinajstić information content (AvgIpc) is 2.90. The Kier molecular flexibility index (Phi) is 3.52. The number of aryl methyl sites for hydroxylation is 2. The molecular formula is C16H14O6S. The molecule has 3 rings (SSSR count). The van der Waals surface area contributed by atoms with E-state index in [1.165, 1.54) is 24.3 Å². The van der Waals surface area contributed by atoms with Gasteiger partial charge in [-0.15, -0.1) is 0 Å². The van der Waals surface area contributed by atoms with E-state index in [9.17, 15) is 13.2 Å². The summed E-state index contributed by atoms with van der Waals surface area (Å²) < 4.78 is 35.8. The first-order valence-electron chi connectivity index (χ1n) is 6.81. The molecular weight excluding hydrogens is 320 g/mol. The Morgan fingerprint density at radius 2 is 1.61 bits per heavy atom. The molecule has 0 saturated carbocycles. The summed E-state index contributed by atoms with van der Waals surface area (Å²) in [6.07, 6.45) is -1.46. The molecule has 2 aromatic rings. The van der Waals surface area contributed by atoms with Crippen LogP contribution < -0.4 is 9.47 Å². The first kappa shape index (κ1) is 15.4. The second kappa shape index (κ2) is 5.27. The van der Waals surface area contributed by atoms with E-state index in [4.69, 9.17) is 14.6 Å². The minimum atomic E-state index is -3.73. The van der Waals surface area contributed by atoms with Crippen LogP contribution in [0.1, 0.15) is 11.1 Å². The number of hydrogen-bond acceptors (Lipinski definition) is 5. The van der Waals surface area contributed by atoms with Gasteiger partial charge in [0.1, 0.15) is 0 Å². The van der Waals surface area contributed by atoms with Crippen LogP contribution in [0.5, 0.6) is 11.5 Å². The van der Waals surface area contributed by atoms with Crippen molar-refractivity contribution in [3.63, 3.8) is 0 Å². The van der Waals surface area contributed by atoms with E-state index in [-0.39, 0.29) is 21.3 Å². The fourth-order valence-corrected chi connectivity index (χ4v) is 3.81. The predicted molar refractivity (Wildman–Crippen MR) is 80.5 cm³/mol. The van der Waals surface area contributed by atoms with E-state index in [0.717, 1.165) is 5.56 Å². The lowest BCUT2D eigenvalue weighted by molar-refractivity contribution is -0.154. The third-order valence-electron chi connectivity index (χ3n) is 3.53. The minimum Gasteiger partial charge on any atom is -0.476 e. The van der Waals surface area contributed by atoms with Gasteiger partial charge in [0.2, 0.25) is 9.84 Å². The van der Waals surface area contributed by atoms with Crippen molar-refractivity contribution < 1.29 is 27.8 Å². The molecule has 1 unspecified atom stereocenters. The molecule has 2 aromatic carbocycles. The lowest BCUT2D eigenvalue weighted by Gasteiger charge is -2.09. The lowest BCUT2D eigenvalue weighted by Crippen LogP contribution is -2.28. The van der Waals surface area contributed by atoms with Gasteiger partial charge in [-0.1, -0.05) is 17.7 Å². The topological polar surface area (TPSA) is 89.9 Å². The van der Waals surface area contributed by atoms with E-state index in [1.54, 1.807) is 19.1 Å². The van der Waals surface area contributed by atoms with Crippen LogP contribution in [0.3, 0.4) is 0 Å². The number of aliphatic carboxylic acids is 1. The van der Waals surface area contributed by atoms with E-state index < -0.39 is 22.1 Å². The molecule has 0 aliphatic carbocycles. The summed E-state index contributed by atoms with van der Waals surface area (Å²) in [6, 6.07) is 9.29. The maximum Gasteiger partial charge on any atom is 0.387 e. The molecule has 1 aliphatic heterocycles. The molecule has 1 N–H and O–H groups in total. The Labute approximate surface area is 133 Å². The third kappa shape index (κ3) is 2.63. The van der Waals surface area contributed by atoms with Gasteiger partial charge in [-0.25, -0.2) is 13.2 Å². The standard InChI is InChI=1S/C16H14O6S/c1-9-3-5-11(6-4-9)23(19,20)14-8-13-12(7-10(14)2)21-16(22-13)15(17)18/h3-8,16H,1-2H3,(H,17,18). The smallest absolute Gasteiger partial charge is 0.387 e. The van der Waals surface area contributed by atoms with Crippen molar-refractivity contribution in [2.75, 3.05) is 0 Å². The number of carboxylic acids is 1. The van der Waals surface area contributed by atoms with Crippen molar-refractivity contribution in [2.24, 2.45) is 0 Å². The van der Waals surface area contributed by atoms with Crippen LogP contribution in [0.25, 0.3) is 0 Å². The molecule has 120 valence electrons. The van der Waals surface area contributed by atoms with Gasteiger partial charge in [-0.2, -0.15) is 0 Å². The second-order valence-corrected chi connectivity index (χ2v) is 7.20. The summed E-state index contributed by atoms with van der Waals surface area (Å²) in [5.41, 5.74) is 1.41. The zero-order chi connectivity index (χ0) is 16.8. The Balaban J connectivity index is 2.06. The summed E-state index contributed by atoms with van der Waals surface area (Å²) >= 11 is 0. The Bertz CT molecular complexity index is 884. The molecule has 0 aromatic heterocycles. The van der Waals surface area contributed by atoms with E-state index in [2.05, 4.69) is 0 Å². The van der Waals surface area contributed by atoms with Crippen molar-refractivity contribution in [1.82, 2.24) is 0 Å². The monoisotopic (exact) mass is 334 g/mol. The highest BCUT2D eigenvalue weighted by molar-refractivity contribution is 7.91. The fraction of sp³-hybridized carbons (Fsp3) is 0.188. The quantitative estimate of drug-likeness (QED) is 0.926. The molecule has 6 nitrogen and oxygen atoms in total. The molecule has 0 radical (unpaired) electrons. The van der Waals surface area contributed by atoms with Crippen LogP contribution in [-0.4, -0.2) is 25.8 Å². The van der Waals surface area contributed by atoms with Crippen molar-refractivity contribution >= 4 is 15.8 Å². The van der Waals surface area contributed by atoms with Crippen molar-refractivity contribution in [3.8, 4) is 11.5 Å². The van der Waals surface area contributed by atoms with Gasteiger partial charge in [-0.3, -0.25) is 0 Å². The molecule has 0 saturated heterocycles. The first-order chi connectivity index (χ1) is 10.8. The number of ether oxygens (including phenoxy) is 2. The maximum atomic E-state index is 12.8. The maximum absolute atomic E-state index is 12.8. The number of carbonyl (C=O) groups is 1. The average molecular weight is 334 g/mol. The molecule has 7 heteroatoms. The van der Waals surface area contributed by atoms with Gasteiger partial charge in [0.15, 0.2) is 11.5 Å². The van der Waals surface area contributed by atoms with Crippen LogP contribution >= 0.6 is 0 Å². The number of hydrogen-bond donors (Lipinski definition) is 1. The van der Waals surface area contributed by atoms with Crippen LogP contribution in [-0.2, 0) is 14.6 Å². The van der Waals surface area contributed by atoms with Gasteiger partial charge in [0, 0.05) is 6.07 Å². The normalized spacial score (nSPS) is 16.3. The number of rotatable bonds is 3. The SMILES string of the molecule is Cc1ccc(S(=O)(=O)c2cc3c(cc2C)OC(C(=O)O)O3)cc1. The van der Waals surface area contributed by atoms with Gasteiger partial charge in [0.05, 0.1) is 9.79 Å². The highest BCUT2D eigenvalue weighted by Crippen LogP contribution is 2.39. The minimum absolute atomic E-state index is 0.0646. The summed E-state index contributed by atoms with van der Waals surface area (Å²) in [5, 5.41) is 8.92. The molecule has 1 heterocycles. The zero-order valence-electron chi connectivity index (χ0n) is 12.4. The molecule has 23 heavy (non-hydrogen) atoms. The molecule has 1 atom stereocenters. The number of benzene rings is 2. The van der Waals surface area contributed by atoms with Gasteiger partial charge < -0.3 is 14.6 Å². The molecule has 0 spiro atoms. The van der Waals surface area contributed by atoms with Crippen molar-refractivity contribution in [1.29, 1.82) is 0 Å². The van der Waals surface area contributed by atoms with Gasteiger partial charge >= 0.3 is 12.3 Å². The van der Waals surface area contributed by atoms with E-state index in [0.29, 0.717) is 5.56 Å². The van der Waals surface area contributed by atoms with Gasteiger partial charge in [-0.05, 0) is 37.6 Å². The van der Waals surface area contributed by atoms with E-state index >= 15 is 0 Å². The summed E-state index contributed by atoms with van der Waals surface area (Å²) in [6.45, 7) is 3.49. The van der Waals surface area contributed by atoms with Gasteiger partial charge in [0.25, 0.3) is 0 Å². The largest absolute Gasteiger partial charge is 0.476 e. The highest BCUT2D eigenvalue weighted by atomic mass is 32.2. The molecule has 1 aliphatic rings. The first-order valence-corrected chi connectivity index (χ1v) is 8.30. The fourth-order valence-electron chi connectivity index (χ4n) is 2.32. The van der Waals surface area contributed by atoms with E-state index in [1.807, 2.05) is 6.92 Å². The molecule has 0 amide bonds. The predicted octanol–water partition coefficient (Wildman–Crippen LogP) is 2.32. The number of fused-ring (bicyclic) bond motifs is 1. The summed E-state index contributed by atoms with van der Waals surface area (Å²) in [4.78, 5) is 11.2. The number of sulfone groups is 1. The Morgan fingerprint density at radius 1 is 1.04 bits per heavy atom. The summed E-state index contributed by atoms with van der Waals surface area (Å²) in [5.74, 6) is -0.951. The van der Waals surface area contributed by atoms with Crippen LogP contribution in [0, 0.1) is 13.8 Å². The number of carboxylic acid groups (broad SMARTS) is 1. The van der Waals surface area contributed by atoms with Crippen LogP contribution in [0.4, 0.5) is 0 Å². The third-order valence-corrected chi connectivity index (χ3v) is 5.44. The molecule has 0 fully saturated rings. The Morgan fingerprint density at radius 3 is 2.17 bits per heavy atom.